The number of alkyl carbamates (subject to hydrolysis) is 1. The van der Waals surface area contributed by atoms with Gasteiger partial charge in [0, 0.05) is 30.9 Å². The van der Waals surface area contributed by atoms with Crippen molar-refractivity contribution in [1.82, 2.24) is 5.32 Å². The first-order chi connectivity index (χ1) is 9.72. The van der Waals surface area contributed by atoms with Gasteiger partial charge in [-0.05, 0) is 31.9 Å². The van der Waals surface area contributed by atoms with Gasteiger partial charge in [0.15, 0.2) is 0 Å². The Morgan fingerprint density at radius 3 is 3.10 bits per heavy atom. The lowest BCUT2D eigenvalue weighted by Crippen LogP contribution is -2.48. The molecule has 2 rings (SSSR count). The number of methoxy groups -OCH3 is 1. The Kier molecular flexibility index (Phi) is 5.09. The molecule has 1 aliphatic rings. The third kappa shape index (κ3) is 3.79. The number of piperidine rings is 1. The molecule has 1 amide bonds. The van der Waals surface area contributed by atoms with Crippen molar-refractivity contribution in [3.63, 3.8) is 0 Å². The molecule has 0 spiro atoms. The molecule has 0 saturated carbocycles. The van der Waals surface area contributed by atoms with E-state index in [2.05, 4.69) is 16.3 Å². The van der Waals surface area contributed by atoms with Crippen LogP contribution in [0, 0.1) is 0 Å². The van der Waals surface area contributed by atoms with E-state index in [-0.39, 0.29) is 12.1 Å². The molecule has 1 atom stereocenters. The molecule has 20 heavy (non-hydrogen) atoms. The van der Waals surface area contributed by atoms with E-state index in [9.17, 15) is 4.79 Å². The molecule has 1 unspecified atom stereocenters. The van der Waals surface area contributed by atoms with Crippen LogP contribution in [-0.2, 0) is 4.74 Å². The highest BCUT2D eigenvalue weighted by atomic mass is 16.5. The highest BCUT2D eigenvalue weighted by molar-refractivity contribution is 5.67. The fraction of sp³-hybridized carbons (Fsp3) is 0.533. The number of hydrogen-bond donors (Lipinski definition) is 1. The molecule has 0 aliphatic carbocycles. The molecule has 5 nitrogen and oxygen atoms in total. The van der Waals surface area contributed by atoms with Crippen molar-refractivity contribution in [1.29, 1.82) is 0 Å². The van der Waals surface area contributed by atoms with E-state index in [1.165, 1.54) is 0 Å². The summed E-state index contributed by atoms with van der Waals surface area (Å²) < 4.78 is 10.2. The molecule has 1 aliphatic heterocycles. The largest absolute Gasteiger partial charge is 0.497 e. The van der Waals surface area contributed by atoms with Gasteiger partial charge in [0.25, 0.3) is 0 Å². The Bertz CT molecular complexity index is 450. The molecule has 1 aromatic rings. The molecule has 0 radical (unpaired) electrons. The second kappa shape index (κ2) is 7.03. The lowest BCUT2D eigenvalue weighted by molar-refractivity contribution is 0.146. The van der Waals surface area contributed by atoms with Crippen LogP contribution >= 0.6 is 0 Å². The number of nitrogens with zero attached hydrogens (tertiary/aromatic N) is 1. The van der Waals surface area contributed by atoms with E-state index in [0.29, 0.717) is 6.61 Å². The van der Waals surface area contributed by atoms with E-state index in [0.717, 1.165) is 37.4 Å². The number of benzene rings is 1. The minimum Gasteiger partial charge on any atom is -0.497 e. The number of carbonyl (C=O) groups is 1. The van der Waals surface area contributed by atoms with Crippen LogP contribution in [0.3, 0.4) is 0 Å². The topological polar surface area (TPSA) is 50.8 Å². The van der Waals surface area contributed by atoms with Crippen LogP contribution in [0.1, 0.15) is 19.8 Å². The minimum absolute atomic E-state index is 0.133. The zero-order valence-corrected chi connectivity index (χ0v) is 12.1. The first kappa shape index (κ1) is 14.5. The molecule has 1 saturated heterocycles. The van der Waals surface area contributed by atoms with Gasteiger partial charge in [-0.25, -0.2) is 4.79 Å². The van der Waals surface area contributed by atoms with Crippen LogP contribution in [0.15, 0.2) is 24.3 Å². The Morgan fingerprint density at radius 1 is 1.50 bits per heavy atom. The zero-order chi connectivity index (χ0) is 14.4. The van der Waals surface area contributed by atoms with Crippen LogP contribution < -0.4 is 15.0 Å². The maximum Gasteiger partial charge on any atom is 0.407 e. The molecule has 1 heterocycles. The van der Waals surface area contributed by atoms with E-state index >= 15 is 0 Å². The van der Waals surface area contributed by atoms with Gasteiger partial charge in [-0.15, -0.1) is 0 Å². The summed E-state index contributed by atoms with van der Waals surface area (Å²) in [7, 11) is 1.67. The van der Waals surface area contributed by atoms with E-state index < -0.39 is 0 Å². The third-order valence-corrected chi connectivity index (χ3v) is 3.44. The molecular weight excluding hydrogens is 256 g/mol. The maximum atomic E-state index is 11.5. The van der Waals surface area contributed by atoms with E-state index in [4.69, 9.17) is 9.47 Å². The average Bonchev–Trinajstić information content (AvgIpc) is 2.48. The molecule has 1 N–H and O–H groups in total. The standard InChI is InChI=1S/C15H22N2O3/c1-3-20-15(18)16-12-6-5-9-17(11-12)13-7-4-8-14(10-13)19-2/h4,7-8,10,12H,3,5-6,9,11H2,1-2H3,(H,16,18). The monoisotopic (exact) mass is 278 g/mol. The van der Waals surface area contributed by atoms with Crippen molar-refractivity contribution in [3.05, 3.63) is 24.3 Å². The Labute approximate surface area is 119 Å². The number of carbonyl (C=O) groups excluding carboxylic acids is 1. The maximum absolute atomic E-state index is 11.5. The second-order valence-corrected chi connectivity index (χ2v) is 4.85. The molecule has 110 valence electrons. The number of hydrogen-bond acceptors (Lipinski definition) is 4. The molecular formula is C15H22N2O3. The predicted octanol–water partition coefficient (Wildman–Crippen LogP) is 2.41. The fourth-order valence-corrected chi connectivity index (χ4v) is 2.48. The van der Waals surface area contributed by atoms with E-state index in [1.807, 2.05) is 25.1 Å². The number of nitrogens with one attached hydrogen (secondary N) is 1. The molecule has 1 fully saturated rings. The van der Waals surface area contributed by atoms with E-state index in [1.54, 1.807) is 7.11 Å². The number of amides is 1. The SMILES string of the molecule is CCOC(=O)NC1CCCN(c2cccc(OC)c2)C1. The quantitative estimate of drug-likeness (QED) is 0.919. The summed E-state index contributed by atoms with van der Waals surface area (Å²) in [6.45, 7) is 4.00. The first-order valence-corrected chi connectivity index (χ1v) is 7.05. The summed E-state index contributed by atoms with van der Waals surface area (Å²) >= 11 is 0. The summed E-state index contributed by atoms with van der Waals surface area (Å²) in [6.07, 6.45) is 1.71. The highest BCUT2D eigenvalue weighted by Crippen LogP contribution is 2.24. The zero-order valence-electron chi connectivity index (χ0n) is 12.1. The number of anilines is 1. The Hall–Kier alpha value is -1.91. The smallest absolute Gasteiger partial charge is 0.407 e. The van der Waals surface area contributed by atoms with Crippen molar-refractivity contribution in [2.24, 2.45) is 0 Å². The van der Waals surface area contributed by atoms with Crippen molar-refractivity contribution >= 4 is 11.8 Å². The second-order valence-electron chi connectivity index (χ2n) is 4.85. The number of rotatable bonds is 4. The molecule has 0 bridgehead atoms. The highest BCUT2D eigenvalue weighted by Gasteiger charge is 2.22. The van der Waals surface area contributed by atoms with Crippen molar-refractivity contribution in [3.8, 4) is 5.75 Å². The summed E-state index contributed by atoms with van der Waals surface area (Å²) in [5.74, 6) is 0.850. The van der Waals surface area contributed by atoms with Crippen molar-refractivity contribution < 1.29 is 14.3 Å². The van der Waals surface area contributed by atoms with Crippen molar-refractivity contribution in [2.75, 3.05) is 31.7 Å². The molecule has 5 heteroatoms. The average molecular weight is 278 g/mol. The van der Waals surface area contributed by atoms with Gasteiger partial charge in [-0.3, -0.25) is 0 Å². The first-order valence-electron chi connectivity index (χ1n) is 7.05. The van der Waals surface area contributed by atoms with Crippen LogP contribution in [-0.4, -0.2) is 38.9 Å². The van der Waals surface area contributed by atoms with Crippen LogP contribution in [0.2, 0.25) is 0 Å². The van der Waals surface area contributed by atoms with Gasteiger partial charge in [-0.1, -0.05) is 6.07 Å². The third-order valence-electron chi connectivity index (χ3n) is 3.44. The summed E-state index contributed by atoms with van der Waals surface area (Å²) in [4.78, 5) is 13.7. The number of ether oxygens (including phenoxy) is 2. The van der Waals surface area contributed by atoms with Gasteiger partial charge < -0.3 is 19.7 Å². The van der Waals surface area contributed by atoms with Gasteiger partial charge in [0.2, 0.25) is 0 Å². The van der Waals surface area contributed by atoms with Gasteiger partial charge in [-0.2, -0.15) is 0 Å². The summed E-state index contributed by atoms with van der Waals surface area (Å²) in [5.41, 5.74) is 1.12. The van der Waals surface area contributed by atoms with Crippen molar-refractivity contribution in [2.45, 2.75) is 25.8 Å². The Morgan fingerprint density at radius 2 is 2.35 bits per heavy atom. The van der Waals surface area contributed by atoms with Gasteiger partial charge >= 0.3 is 6.09 Å². The fourth-order valence-electron chi connectivity index (χ4n) is 2.48. The summed E-state index contributed by atoms with van der Waals surface area (Å²) in [5, 5.41) is 2.91. The molecule has 1 aromatic carbocycles. The van der Waals surface area contributed by atoms with Crippen LogP contribution in [0.5, 0.6) is 5.75 Å². The molecule has 0 aromatic heterocycles. The van der Waals surface area contributed by atoms with Crippen LogP contribution in [0.25, 0.3) is 0 Å². The normalized spacial score (nSPS) is 18.5. The minimum atomic E-state index is -0.329. The van der Waals surface area contributed by atoms with Crippen LogP contribution in [0.4, 0.5) is 10.5 Å². The van der Waals surface area contributed by atoms with Gasteiger partial charge in [0.1, 0.15) is 5.75 Å². The summed E-state index contributed by atoms with van der Waals surface area (Å²) in [6, 6.07) is 8.13. The lowest BCUT2D eigenvalue weighted by Gasteiger charge is -2.34. The lowest BCUT2D eigenvalue weighted by atomic mass is 10.1. The Balaban J connectivity index is 1.97. The predicted molar refractivity (Wildman–Crippen MR) is 78.4 cm³/mol. The van der Waals surface area contributed by atoms with Gasteiger partial charge in [0.05, 0.1) is 13.7 Å².